The molecule has 2 N–H and O–H groups in total. The Bertz CT molecular complexity index is 367. The summed E-state index contributed by atoms with van der Waals surface area (Å²) < 4.78 is 0. The van der Waals surface area contributed by atoms with Gasteiger partial charge in [0.1, 0.15) is 0 Å². The molecule has 1 atom stereocenters. The number of hydrogen-bond acceptors (Lipinski definition) is 2. The lowest BCUT2D eigenvalue weighted by molar-refractivity contribution is -0.0836. The van der Waals surface area contributed by atoms with Gasteiger partial charge in [0, 0.05) is 11.4 Å². The molecule has 2 nitrogen and oxygen atoms in total. The standard InChI is InChI=1S/C15H21ClO2/c16-13-7-5-12(6-8-13)11-14(17)15(18)9-3-1-2-4-10-15/h5-8,14,17-18H,1-4,9-11H2. The van der Waals surface area contributed by atoms with Crippen molar-refractivity contribution in [2.75, 3.05) is 0 Å². The fourth-order valence-electron chi connectivity index (χ4n) is 2.71. The molecular formula is C15H21ClO2. The monoisotopic (exact) mass is 268 g/mol. The predicted octanol–water partition coefficient (Wildman–Crippen LogP) is 3.33. The van der Waals surface area contributed by atoms with Crippen LogP contribution in [0.3, 0.4) is 0 Å². The Morgan fingerprint density at radius 3 is 2.17 bits per heavy atom. The molecule has 1 unspecified atom stereocenters. The van der Waals surface area contributed by atoms with E-state index in [0.29, 0.717) is 24.3 Å². The van der Waals surface area contributed by atoms with Crippen LogP contribution in [0.2, 0.25) is 5.02 Å². The smallest absolute Gasteiger partial charge is 0.0908 e. The Balaban J connectivity index is 2.01. The third-order valence-electron chi connectivity index (χ3n) is 3.93. The highest BCUT2D eigenvalue weighted by Crippen LogP contribution is 2.31. The molecule has 1 saturated carbocycles. The van der Waals surface area contributed by atoms with Crippen molar-refractivity contribution >= 4 is 11.6 Å². The molecule has 0 aromatic heterocycles. The van der Waals surface area contributed by atoms with Crippen molar-refractivity contribution in [3.8, 4) is 0 Å². The lowest BCUT2D eigenvalue weighted by Gasteiger charge is -2.32. The zero-order valence-corrected chi connectivity index (χ0v) is 11.4. The SMILES string of the molecule is OC(Cc1ccc(Cl)cc1)C1(O)CCCCCC1. The molecule has 0 spiro atoms. The van der Waals surface area contributed by atoms with Crippen molar-refractivity contribution in [3.05, 3.63) is 34.9 Å². The van der Waals surface area contributed by atoms with Crippen LogP contribution in [0.4, 0.5) is 0 Å². The minimum atomic E-state index is -0.907. The van der Waals surface area contributed by atoms with Gasteiger partial charge in [0.2, 0.25) is 0 Å². The quantitative estimate of drug-likeness (QED) is 0.826. The topological polar surface area (TPSA) is 40.5 Å². The molecule has 0 aliphatic heterocycles. The van der Waals surface area contributed by atoms with Gasteiger partial charge in [-0.15, -0.1) is 0 Å². The fourth-order valence-corrected chi connectivity index (χ4v) is 2.83. The minimum absolute atomic E-state index is 0.494. The lowest BCUT2D eigenvalue weighted by atomic mass is 9.85. The molecule has 0 saturated heterocycles. The van der Waals surface area contributed by atoms with Gasteiger partial charge < -0.3 is 10.2 Å². The molecule has 0 amide bonds. The highest BCUT2D eigenvalue weighted by molar-refractivity contribution is 6.30. The van der Waals surface area contributed by atoms with Crippen molar-refractivity contribution in [1.82, 2.24) is 0 Å². The van der Waals surface area contributed by atoms with Crippen LogP contribution in [0.5, 0.6) is 0 Å². The first-order chi connectivity index (χ1) is 8.60. The van der Waals surface area contributed by atoms with Gasteiger partial charge in [-0.25, -0.2) is 0 Å². The molecular weight excluding hydrogens is 248 g/mol. The first kappa shape index (κ1) is 13.9. The number of aliphatic hydroxyl groups is 2. The molecule has 0 bridgehead atoms. The highest BCUT2D eigenvalue weighted by Gasteiger charge is 2.35. The Labute approximate surface area is 114 Å². The minimum Gasteiger partial charge on any atom is -0.390 e. The highest BCUT2D eigenvalue weighted by atomic mass is 35.5. The second kappa shape index (κ2) is 6.05. The van der Waals surface area contributed by atoms with E-state index in [-0.39, 0.29) is 0 Å². The van der Waals surface area contributed by atoms with Crippen molar-refractivity contribution in [2.45, 2.75) is 56.7 Å². The summed E-state index contributed by atoms with van der Waals surface area (Å²) in [5.41, 5.74) is 0.112. The number of benzene rings is 1. The zero-order chi connectivity index (χ0) is 13.0. The van der Waals surface area contributed by atoms with Crippen LogP contribution in [0.25, 0.3) is 0 Å². The number of hydrogen-bond donors (Lipinski definition) is 2. The second-order valence-electron chi connectivity index (χ2n) is 5.36. The van der Waals surface area contributed by atoms with Crippen molar-refractivity contribution < 1.29 is 10.2 Å². The van der Waals surface area contributed by atoms with E-state index in [1.54, 1.807) is 0 Å². The van der Waals surface area contributed by atoms with Crippen LogP contribution in [0, 0.1) is 0 Å². The van der Waals surface area contributed by atoms with Crippen molar-refractivity contribution in [2.24, 2.45) is 0 Å². The predicted molar refractivity (Wildman–Crippen MR) is 73.8 cm³/mol. The van der Waals surface area contributed by atoms with Gasteiger partial charge in [0.05, 0.1) is 11.7 Å². The Morgan fingerprint density at radius 2 is 1.61 bits per heavy atom. The van der Waals surface area contributed by atoms with Crippen LogP contribution in [0.15, 0.2) is 24.3 Å². The first-order valence-corrected chi connectivity index (χ1v) is 7.13. The first-order valence-electron chi connectivity index (χ1n) is 6.75. The summed E-state index contributed by atoms with van der Waals surface area (Å²) in [4.78, 5) is 0. The molecule has 100 valence electrons. The lowest BCUT2D eigenvalue weighted by Crippen LogP contribution is -2.43. The summed E-state index contributed by atoms with van der Waals surface area (Å²) in [5.74, 6) is 0. The summed E-state index contributed by atoms with van der Waals surface area (Å²) in [6.07, 6.45) is 5.57. The van der Waals surface area contributed by atoms with E-state index in [1.165, 1.54) is 0 Å². The molecule has 1 aromatic carbocycles. The fraction of sp³-hybridized carbons (Fsp3) is 0.600. The largest absolute Gasteiger partial charge is 0.390 e. The van der Waals surface area contributed by atoms with E-state index in [0.717, 1.165) is 31.2 Å². The van der Waals surface area contributed by atoms with Gasteiger partial charge in [-0.3, -0.25) is 0 Å². The normalized spacial score (nSPS) is 21.3. The maximum absolute atomic E-state index is 10.6. The molecule has 0 radical (unpaired) electrons. The van der Waals surface area contributed by atoms with Crippen LogP contribution in [-0.4, -0.2) is 21.9 Å². The van der Waals surface area contributed by atoms with Crippen LogP contribution in [0.1, 0.15) is 44.1 Å². The third-order valence-corrected chi connectivity index (χ3v) is 4.18. The van der Waals surface area contributed by atoms with Crippen molar-refractivity contribution in [3.63, 3.8) is 0 Å². The molecule has 18 heavy (non-hydrogen) atoms. The van der Waals surface area contributed by atoms with Gasteiger partial charge in [-0.2, -0.15) is 0 Å². The van der Waals surface area contributed by atoms with E-state index in [1.807, 2.05) is 24.3 Å². The summed E-state index contributed by atoms with van der Waals surface area (Å²) in [6, 6.07) is 7.46. The molecule has 1 aliphatic carbocycles. The molecule has 1 aliphatic rings. The van der Waals surface area contributed by atoms with Gasteiger partial charge in [-0.05, 0) is 30.5 Å². The van der Waals surface area contributed by atoms with Gasteiger partial charge in [0.15, 0.2) is 0 Å². The van der Waals surface area contributed by atoms with E-state index in [2.05, 4.69) is 0 Å². The number of aliphatic hydroxyl groups excluding tert-OH is 1. The van der Waals surface area contributed by atoms with E-state index in [4.69, 9.17) is 11.6 Å². The van der Waals surface area contributed by atoms with Gasteiger partial charge in [0.25, 0.3) is 0 Å². The van der Waals surface area contributed by atoms with E-state index in [9.17, 15) is 10.2 Å². The Morgan fingerprint density at radius 1 is 1.06 bits per heavy atom. The summed E-state index contributed by atoms with van der Waals surface area (Å²) in [6.45, 7) is 0. The number of rotatable bonds is 3. The van der Waals surface area contributed by atoms with Crippen LogP contribution >= 0.6 is 11.6 Å². The molecule has 1 aromatic rings. The van der Waals surface area contributed by atoms with Crippen LogP contribution in [-0.2, 0) is 6.42 Å². The summed E-state index contributed by atoms with van der Waals surface area (Å²) in [5, 5.41) is 21.6. The van der Waals surface area contributed by atoms with Gasteiger partial charge in [-0.1, -0.05) is 49.4 Å². The summed E-state index contributed by atoms with van der Waals surface area (Å²) in [7, 11) is 0. The summed E-state index contributed by atoms with van der Waals surface area (Å²) >= 11 is 5.83. The average molecular weight is 269 g/mol. The maximum atomic E-state index is 10.6. The zero-order valence-electron chi connectivity index (χ0n) is 10.6. The Kier molecular flexibility index (Phi) is 4.66. The third kappa shape index (κ3) is 3.47. The maximum Gasteiger partial charge on any atom is 0.0908 e. The molecule has 2 rings (SSSR count). The Hall–Kier alpha value is -0.570. The van der Waals surface area contributed by atoms with Crippen LogP contribution < -0.4 is 0 Å². The average Bonchev–Trinajstić information content (AvgIpc) is 2.58. The second-order valence-corrected chi connectivity index (χ2v) is 5.80. The van der Waals surface area contributed by atoms with E-state index < -0.39 is 11.7 Å². The van der Waals surface area contributed by atoms with E-state index >= 15 is 0 Å². The number of halogens is 1. The van der Waals surface area contributed by atoms with Gasteiger partial charge >= 0.3 is 0 Å². The van der Waals surface area contributed by atoms with Crippen molar-refractivity contribution in [1.29, 1.82) is 0 Å². The molecule has 0 heterocycles. The molecule has 3 heteroatoms. The molecule has 1 fully saturated rings.